The van der Waals surface area contributed by atoms with E-state index >= 15 is 0 Å². The quantitative estimate of drug-likeness (QED) is 0.844. The van der Waals surface area contributed by atoms with Crippen LogP contribution in [-0.4, -0.2) is 29.5 Å². The number of nitrogens with zero attached hydrogens (tertiary/aromatic N) is 2. The standard InChI is InChI=1S/C16H17FN2O3/c1-18(9-12-5-3-4-6-14(12)22-2)16(21)11-19-10-13(17)7-8-15(19)20/h3-8,10H,9,11H2,1-2H3. The molecule has 0 aliphatic heterocycles. The van der Waals surface area contributed by atoms with Crippen LogP contribution in [0.4, 0.5) is 4.39 Å². The van der Waals surface area contributed by atoms with Gasteiger partial charge in [-0.2, -0.15) is 0 Å². The summed E-state index contributed by atoms with van der Waals surface area (Å²) in [6.07, 6.45) is 1.02. The highest BCUT2D eigenvalue weighted by Gasteiger charge is 2.13. The summed E-state index contributed by atoms with van der Waals surface area (Å²) >= 11 is 0. The lowest BCUT2D eigenvalue weighted by atomic mass is 10.2. The molecule has 116 valence electrons. The van der Waals surface area contributed by atoms with Crippen molar-refractivity contribution in [3.8, 4) is 5.75 Å². The van der Waals surface area contributed by atoms with E-state index in [0.717, 1.165) is 28.5 Å². The van der Waals surface area contributed by atoms with Crippen LogP contribution in [0.1, 0.15) is 5.56 Å². The first kappa shape index (κ1) is 15.8. The number of hydrogen-bond acceptors (Lipinski definition) is 3. The third-order valence-electron chi connectivity index (χ3n) is 3.28. The second-order valence-electron chi connectivity index (χ2n) is 4.88. The van der Waals surface area contributed by atoms with Crippen LogP contribution in [0.25, 0.3) is 0 Å². The van der Waals surface area contributed by atoms with Gasteiger partial charge in [-0.15, -0.1) is 0 Å². The molecule has 22 heavy (non-hydrogen) atoms. The molecule has 1 aromatic heterocycles. The van der Waals surface area contributed by atoms with Crippen molar-refractivity contribution in [3.63, 3.8) is 0 Å². The minimum atomic E-state index is -0.556. The zero-order valence-electron chi connectivity index (χ0n) is 12.5. The van der Waals surface area contributed by atoms with Gasteiger partial charge in [-0.3, -0.25) is 9.59 Å². The summed E-state index contributed by atoms with van der Waals surface area (Å²) in [6.45, 7) is 0.134. The Labute approximate surface area is 127 Å². The predicted molar refractivity (Wildman–Crippen MR) is 80.1 cm³/mol. The average molecular weight is 304 g/mol. The molecule has 1 heterocycles. The van der Waals surface area contributed by atoms with Gasteiger partial charge < -0.3 is 14.2 Å². The van der Waals surface area contributed by atoms with Gasteiger partial charge in [0.15, 0.2) is 0 Å². The molecule has 2 rings (SSSR count). The van der Waals surface area contributed by atoms with Crippen molar-refractivity contribution in [3.05, 3.63) is 64.3 Å². The number of rotatable bonds is 5. The lowest BCUT2D eigenvalue weighted by Gasteiger charge is -2.19. The summed E-state index contributed by atoms with van der Waals surface area (Å²) in [7, 11) is 3.19. The molecule has 2 aromatic rings. The number of halogens is 1. The maximum atomic E-state index is 13.1. The number of amides is 1. The van der Waals surface area contributed by atoms with Crippen molar-refractivity contribution in [2.24, 2.45) is 0 Å². The molecule has 0 radical (unpaired) electrons. The molecule has 5 nitrogen and oxygen atoms in total. The van der Waals surface area contributed by atoms with Gasteiger partial charge in [-0.05, 0) is 12.1 Å². The minimum Gasteiger partial charge on any atom is -0.496 e. The van der Waals surface area contributed by atoms with Gasteiger partial charge in [0.1, 0.15) is 18.1 Å². The summed E-state index contributed by atoms with van der Waals surface area (Å²) in [4.78, 5) is 25.2. The van der Waals surface area contributed by atoms with Crippen molar-refractivity contribution in [1.82, 2.24) is 9.47 Å². The van der Waals surface area contributed by atoms with Crippen molar-refractivity contribution in [2.75, 3.05) is 14.2 Å². The Bertz CT molecular complexity index is 727. The van der Waals surface area contributed by atoms with E-state index in [0.29, 0.717) is 12.3 Å². The topological polar surface area (TPSA) is 51.5 Å². The van der Waals surface area contributed by atoms with Crippen molar-refractivity contribution < 1.29 is 13.9 Å². The summed E-state index contributed by atoms with van der Waals surface area (Å²) < 4.78 is 19.4. The molecule has 1 amide bonds. The van der Waals surface area contributed by atoms with Gasteiger partial charge in [0.25, 0.3) is 5.56 Å². The molecular weight excluding hydrogens is 287 g/mol. The highest BCUT2D eigenvalue weighted by Crippen LogP contribution is 2.18. The number of para-hydroxylation sites is 1. The Kier molecular flexibility index (Phi) is 4.93. The molecule has 0 aliphatic rings. The maximum Gasteiger partial charge on any atom is 0.251 e. The first-order valence-electron chi connectivity index (χ1n) is 6.73. The number of hydrogen-bond donors (Lipinski definition) is 0. The Morgan fingerprint density at radius 1 is 1.27 bits per heavy atom. The lowest BCUT2D eigenvalue weighted by molar-refractivity contribution is -0.131. The van der Waals surface area contributed by atoms with Crippen LogP contribution < -0.4 is 10.3 Å². The van der Waals surface area contributed by atoms with Crippen molar-refractivity contribution in [2.45, 2.75) is 13.1 Å². The van der Waals surface area contributed by atoms with Crippen LogP contribution in [0.3, 0.4) is 0 Å². The zero-order chi connectivity index (χ0) is 16.1. The highest BCUT2D eigenvalue weighted by atomic mass is 19.1. The van der Waals surface area contributed by atoms with Gasteiger partial charge in [-0.25, -0.2) is 4.39 Å². The molecule has 1 aromatic carbocycles. The molecule has 0 saturated heterocycles. The van der Waals surface area contributed by atoms with Crippen molar-refractivity contribution in [1.29, 1.82) is 0 Å². The molecule has 0 unspecified atom stereocenters. The number of pyridine rings is 1. The molecule has 0 bridgehead atoms. The minimum absolute atomic E-state index is 0.206. The van der Waals surface area contributed by atoms with E-state index in [2.05, 4.69) is 0 Å². The SMILES string of the molecule is COc1ccccc1CN(C)C(=O)Cn1cc(F)ccc1=O. The summed E-state index contributed by atoms with van der Waals surface area (Å²) in [5.41, 5.74) is 0.438. The largest absolute Gasteiger partial charge is 0.496 e. The van der Waals surface area contributed by atoms with Gasteiger partial charge in [0.05, 0.1) is 7.11 Å². The molecule has 6 heteroatoms. The van der Waals surface area contributed by atoms with E-state index in [1.165, 1.54) is 4.90 Å². The molecule has 0 fully saturated rings. The lowest BCUT2D eigenvalue weighted by Crippen LogP contribution is -2.33. The Balaban J connectivity index is 2.09. The third kappa shape index (κ3) is 3.72. The Morgan fingerprint density at radius 3 is 2.73 bits per heavy atom. The second kappa shape index (κ2) is 6.89. The molecular formula is C16H17FN2O3. The van der Waals surface area contributed by atoms with Gasteiger partial charge in [-0.1, -0.05) is 18.2 Å². The van der Waals surface area contributed by atoms with E-state index in [4.69, 9.17) is 4.74 Å². The van der Waals surface area contributed by atoms with Crippen LogP contribution in [-0.2, 0) is 17.9 Å². The Hall–Kier alpha value is -2.63. The van der Waals surface area contributed by atoms with Crippen molar-refractivity contribution >= 4 is 5.91 Å². The fourth-order valence-electron chi connectivity index (χ4n) is 2.07. The van der Waals surface area contributed by atoms with Gasteiger partial charge >= 0.3 is 0 Å². The third-order valence-corrected chi connectivity index (χ3v) is 3.28. The highest BCUT2D eigenvalue weighted by molar-refractivity contribution is 5.75. The zero-order valence-corrected chi connectivity index (χ0v) is 12.5. The smallest absolute Gasteiger partial charge is 0.251 e. The summed E-state index contributed by atoms with van der Waals surface area (Å²) in [6, 6.07) is 9.54. The molecule has 0 atom stereocenters. The number of carbonyl (C=O) groups excluding carboxylic acids is 1. The maximum absolute atomic E-state index is 13.1. The van der Waals surface area contributed by atoms with Gasteiger partial charge in [0.2, 0.25) is 5.91 Å². The van der Waals surface area contributed by atoms with Gasteiger partial charge in [0, 0.05) is 31.4 Å². The fraction of sp³-hybridized carbons (Fsp3) is 0.250. The summed E-state index contributed by atoms with van der Waals surface area (Å²) in [5.74, 6) is -0.163. The normalized spacial score (nSPS) is 10.3. The van der Waals surface area contributed by atoms with E-state index in [9.17, 15) is 14.0 Å². The predicted octanol–water partition coefficient (Wildman–Crippen LogP) is 1.65. The second-order valence-corrected chi connectivity index (χ2v) is 4.88. The van der Waals surface area contributed by atoms with E-state index in [-0.39, 0.29) is 12.5 Å². The monoisotopic (exact) mass is 304 g/mol. The molecule has 0 saturated carbocycles. The average Bonchev–Trinajstić information content (AvgIpc) is 2.51. The molecule has 0 aliphatic carbocycles. The van der Waals surface area contributed by atoms with Crippen LogP contribution in [0, 0.1) is 5.82 Å². The van der Waals surface area contributed by atoms with E-state index in [1.54, 1.807) is 14.2 Å². The number of likely N-dealkylation sites (N-methyl/N-ethyl adjacent to an activating group) is 1. The summed E-state index contributed by atoms with van der Waals surface area (Å²) in [5, 5.41) is 0. The first-order chi connectivity index (χ1) is 10.5. The molecule has 0 spiro atoms. The number of aromatic nitrogens is 1. The number of ether oxygens (including phenoxy) is 1. The van der Waals surface area contributed by atoms with E-state index in [1.807, 2.05) is 24.3 Å². The number of methoxy groups -OCH3 is 1. The Morgan fingerprint density at radius 2 is 2.00 bits per heavy atom. The van der Waals surface area contributed by atoms with Crippen LogP contribution in [0.5, 0.6) is 5.75 Å². The van der Waals surface area contributed by atoms with Crippen LogP contribution in [0.15, 0.2) is 47.4 Å². The number of carbonyl (C=O) groups is 1. The van der Waals surface area contributed by atoms with Crippen LogP contribution in [0.2, 0.25) is 0 Å². The first-order valence-corrected chi connectivity index (χ1v) is 6.73. The number of benzene rings is 1. The molecule has 0 N–H and O–H groups in total. The van der Waals surface area contributed by atoms with E-state index < -0.39 is 11.4 Å². The van der Waals surface area contributed by atoms with Crippen LogP contribution >= 0.6 is 0 Å². The fourth-order valence-corrected chi connectivity index (χ4v) is 2.07.